The van der Waals surface area contributed by atoms with E-state index in [1.165, 1.54) is 0 Å². The monoisotopic (exact) mass is 327 g/mol. The number of amides is 2. The van der Waals surface area contributed by atoms with Crippen molar-refractivity contribution in [2.75, 3.05) is 43.0 Å². The summed E-state index contributed by atoms with van der Waals surface area (Å²) in [5.74, 6) is 1.51. The number of hydrogen-bond donors (Lipinski definition) is 1. The summed E-state index contributed by atoms with van der Waals surface area (Å²) in [6.45, 7) is 5.29. The van der Waals surface area contributed by atoms with E-state index >= 15 is 0 Å². The normalized spacial score (nSPS) is 14.4. The first kappa shape index (κ1) is 16.0. The van der Waals surface area contributed by atoms with Gasteiger partial charge in [-0.15, -0.1) is 0 Å². The Labute approximate surface area is 141 Å². The van der Waals surface area contributed by atoms with Gasteiger partial charge in [0.25, 0.3) is 0 Å². The van der Waals surface area contributed by atoms with Gasteiger partial charge in [-0.05, 0) is 37.3 Å². The van der Waals surface area contributed by atoms with E-state index in [-0.39, 0.29) is 6.03 Å². The van der Waals surface area contributed by atoms with Crippen molar-refractivity contribution in [1.29, 1.82) is 0 Å². The third-order valence-electron chi connectivity index (χ3n) is 3.82. The van der Waals surface area contributed by atoms with Crippen LogP contribution in [0.1, 0.15) is 6.92 Å². The highest BCUT2D eigenvalue weighted by Gasteiger charge is 2.22. The fourth-order valence-corrected chi connectivity index (χ4v) is 2.57. The number of ether oxygens (including phenoxy) is 1. The Morgan fingerprint density at radius 1 is 1.12 bits per heavy atom. The molecule has 2 amide bonds. The van der Waals surface area contributed by atoms with Crippen LogP contribution in [0, 0.1) is 0 Å². The van der Waals surface area contributed by atoms with Crippen LogP contribution in [0.4, 0.5) is 16.4 Å². The summed E-state index contributed by atoms with van der Waals surface area (Å²) in [5.41, 5.74) is 0.761. The van der Waals surface area contributed by atoms with Crippen molar-refractivity contribution in [1.82, 2.24) is 14.9 Å². The summed E-state index contributed by atoms with van der Waals surface area (Å²) in [5, 5.41) is 2.92. The van der Waals surface area contributed by atoms with Crippen molar-refractivity contribution in [3.8, 4) is 5.75 Å². The third-order valence-corrected chi connectivity index (χ3v) is 3.82. The van der Waals surface area contributed by atoms with Crippen LogP contribution in [-0.2, 0) is 0 Å². The van der Waals surface area contributed by atoms with Crippen LogP contribution < -0.4 is 15.0 Å². The summed E-state index contributed by atoms with van der Waals surface area (Å²) in [6.07, 6.45) is 3.46. The van der Waals surface area contributed by atoms with Gasteiger partial charge < -0.3 is 19.9 Å². The number of carbonyl (C=O) groups excluding carboxylic acids is 1. The third kappa shape index (κ3) is 3.92. The molecule has 0 atom stereocenters. The number of aromatic nitrogens is 2. The molecule has 0 bridgehead atoms. The Balaban J connectivity index is 1.51. The summed E-state index contributed by atoms with van der Waals surface area (Å²) < 4.78 is 5.40. The lowest BCUT2D eigenvalue weighted by Crippen LogP contribution is -2.50. The quantitative estimate of drug-likeness (QED) is 0.932. The van der Waals surface area contributed by atoms with Crippen LogP contribution in [0.15, 0.2) is 42.7 Å². The summed E-state index contributed by atoms with van der Waals surface area (Å²) in [4.78, 5) is 24.7. The van der Waals surface area contributed by atoms with E-state index in [4.69, 9.17) is 4.74 Å². The Morgan fingerprint density at radius 3 is 2.42 bits per heavy atom. The van der Waals surface area contributed by atoms with Crippen LogP contribution in [0.3, 0.4) is 0 Å². The zero-order valence-electron chi connectivity index (χ0n) is 13.7. The van der Waals surface area contributed by atoms with Crippen molar-refractivity contribution in [2.24, 2.45) is 0 Å². The second-order valence-corrected chi connectivity index (χ2v) is 5.41. The topological polar surface area (TPSA) is 70.6 Å². The van der Waals surface area contributed by atoms with Gasteiger partial charge in [-0.1, -0.05) is 0 Å². The minimum Gasteiger partial charge on any atom is -0.494 e. The molecule has 1 aromatic carbocycles. The van der Waals surface area contributed by atoms with Gasteiger partial charge in [0.1, 0.15) is 5.75 Å². The number of anilines is 2. The van der Waals surface area contributed by atoms with E-state index in [0.717, 1.165) is 24.5 Å². The zero-order chi connectivity index (χ0) is 16.8. The van der Waals surface area contributed by atoms with Gasteiger partial charge in [0, 0.05) is 44.3 Å². The number of hydrogen-bond acceptors (Lipinski definition) is 5. The van der Waals surface area contributed by atoms with Gasteiger partial charge in [0.2, 0.25) is 5.95 Å². The molecule has 0 spiro atoms. The first-order valence-electron chi connectivity index (χ1n) is 8.07. The zero-order valence-corrected chi connectivity index (χ0v) is 13.7. The second-order valence-electron chi connectivity index (χ2n) is 5.41. The van der Waals surface area contributed by atoms with Gasteiger partial charge in [-0.2, -0.15) is 0 Å². The molecular weight excluding hydrogens is 306 g/mol. The number of rotatable bonds is 4. The van der Waals surface area contributed by atoms with Crippen LogP contribution in [0.5, 0.6) is 5.75 Å². The SMILES string of the molecule is CCOc1ccc(NC(=O)N2CCN(c3ncccn3)CC2)cc1. The number of urea groups is 1. The Bertz CT molecular complexity index is 654. The summed E-state index contributed by atoms with van der Waals surface area (Å²) >= 11 is 0. The second kappa shape index (κ2) is 7.63. The molecule has 7 heteroatoms. The Morgan fingerprint density at radius 2 is 1.79 bits per heavy atom. The summed E-state index contributed by atoms with van der Waals surface area (Å²) in [6, 6.07) is 9.10. The molecule has 0 radical (unpaired) electrons. The van der Waals surface area contributed by atoms with E-state index in [1.807, 2.05) is 31.2 Å². The predicted molar refractivity (Wildman–Crippen MR) is 92.4 cm³/mol. The van der Waals surface area contributed by atoms with Crippen molar-refractivity contribution >= 4 is 17.7 Å². The Hall–Kier alpha value is -2.83. The molecule has 0 saturated carbocycles. The van der Waals surface area contributed by atoms with Crippen LogP contribution in [0.2, 0.25) is 0 Å². The van der Waals surface area contributed by atoms with Crippen LogP contribution >= 0.6 is 0 Å². The highest BCUT2D eigenvalue weighted by atomic mass is 16.5. The molecule has 7 nitrogen and oxygen atoms in total. The van der Waals surface area contributed by atoms with E-state index in [9.17, 15) is 4.79 Å². The molecule has 1 fully saturated rings. The molecule has 1 aliphatic heterocycles. The van der Waals surface area contributed by atoms with E-state index < -0.39 is 0 Å². The van der Waals surface area contributed by atoms with Gasteiger partial charge in [-0.25, -0.2) is 14.8 Å². The van der Waals surface area contributed by atoms with Gasteiger partial charge in [0.15, 0.2) is 0 Å². The van der Waals surface area contributed by atoms with Crippen LogP contribution in [-0.4, -0.2) is 53.7 Å². The molecule has 3 rings (SSSR count). The largest absolute Gasteiger partial charge is 0.494 e. The maximum absolute atomic E-state index is 12.4. The molecule has 1 saturated heterocycles. The fourth-order valence-electron chi connectivity index (χ4n) is 2.57. The van der Waals surface area contributed by atoms with Gasteiger partial charge in [0.05, 0.1) is 6.61 Å². The average Bonchev–Trinajstić information content (AvgIpc) is 2.64. The molecule has 1 N–H and O–H groups in total. The van der Waals surface area contributed by atoms with Crippen molar-refractivity contribution < 1.29 is 9.53 Å². The number of benzene rings is 1. The smallest absolute Gasteiger partial charge is 0.321 e. The molecule has 2 aromatic rings. The van der Waals surface area contributed by atoms with E-state index in [1.54, 1.807) is 23.4 Å². The maximum Gasteiger partial charge on any atom is 0.321 e. The average molecular weight is 327 g/mol. The molecule has 0 unspecified atom stereocenters. The lowest BCUT2D eigenvalue weighted by Gasteiger charge is -2.34. The molecule has 126 valence electrons. The lowest BCUT2D eigenvalue weighted by molar-refractivity contribution is 0.208. The first-order chi connectivity index (χ1) is 11.8. The number of carbonyl (C=O) groups is 1. The minimum absolute atomic E-state index is 0.0900. The molecule has 24 heavy (non-hydrogen) atoms. The van der Waals surface area contributed by atoms with Crippen LogP contribution in [0.25, 0.3) is 0 Å². The molecule has 0 aliphatic carbocycles. The van der Waals surface area contributed by atoms with Gasteiger partial charge in [-0.3, -0.25) is 0 Å². The first-order valence-corrected chi connectivity index (χ1v) is 8.07. The Kier molecular flexibility index (Phi) is 5.10. The van der Waals surface area contributed by atoms with Crippen molar-refractivity contribution in [2.45, 2.75) is 6.92 Å². The molecule has 1 aromatic heterocycles. The number of nitrogens with zero attached hydrogens (tertiary/aromatic N) is 4. The number of piperazine rings is 1. The molecular formula is C17H21N5O2. The van der Waals surface area contributed by atoms with Crippen molar-refractivity contribution in [3.63, 3.8) is 0 Å². The minimum atomic E-state index is -0.0900. The summed E-state index contributed by atoms with van der Waals surface area (Å²) in [7, 11) is 0. The molecule has 2 heterocycles. The van der Waals surface area contributed by atoms with Gasteiger partial charge >= 0.3 is 6.03 Å². The fraction of sp³-hybridized carbons (Fsp3) is 0.353. The highest BCUT2D eigenvalue weighted by Crippen LogP contribution is 2.17. The van der Waals surface area contributed by atoms with E-state index in [0.29, 0.717) is 25.6 Å². The van der Waals surface area contributed by atoms with Crippen molar-refractivity contribution in [3.05, 3.63) is 42.7 Å². The standard InChI is InChI=1S/C17H21N5O2/c1-2-24-15-6-4-14(5-7-15)20-17(23)22-12-10-21(11-13-22)16-18-8-3-9-19-16/h3-9H,2,10-13H2,1H3,(H,20,23). The lowest BCUT2D eigenvalue weighted by atomic mass is 10.3. The number of nitrogens with one attached hydrogen (secondary N) is 1. The highest BCUT2D eigenvalue weighted by molar-refractivity contribution is 5.89. The van der Waals surface area contributed by atoms with E-state index in [2.05, 4.69) is 20.2 Å². The molecule has 1 aliphatic rings. The predicted octanol–water partition coefficient (Wildman–Crippen LogP) is 2.23. The maximum atomic E-state index is 12.4.